The maximum Gasteiger partial charge on any atom is 0.236 e. The quantitative estimate of drug-likeness (QED) is 0.688. The van der Waals surface area contributed by atoms with Crippen molar-refractivity contribution in [3.63, 3.8) is 0 Å². The van der Waals surface area contributed by atoms with Gasteiger partial charge < -0.3 is 4.90 Å². The van der Waals surface area contributed by atoms with Gasteiger partial charge >= 0.3 is 0 Å². The lowest BCUT2D eigenvalue weighted by Crippen LogP contribution is -2.52. The minimum atomic E-state index is 0.0174. The van der Waals surface area contributed by atoms with Gasteiger partial charge in [-0.25, -0.2) is 0 Å². The van der Waals surface area contributed by atoms with E-state index >= 15 is 0 Å². The van der Waals surface area contributed by atoms with E-state index in [9.17, 15) is 4.79 Å². The van der Waals surface area contributed by atoms with Gasteiger partial charge in [0, 0.05) is 12.1 Å². The maximum atomic E-state index is 11.8. The number of amides is 1. The van der Waals surface area contributed by atoms with E-state index in [-0.39, 0.29) is 16.3 Å². The number of halogens is 1. The standard InChI is InChI=1S/C10H18BrNO/c1-4-10(2,3)12-7-5-6-8(11)9(12)13/h8H,4-7H2,1-3H3. The van der Waals surface area contributed by atoms with Crippen LogP contribution >= 0.6 is 15.9 Å². The Morgan fingerprint density at radius 1 is 1.62 bits per heavy atom. The molecule has 0 aromatic rings. The number of carbonyl (C=O) groups is 1. The van der Waals surface area contributed by atoms with Gasteiger partial charge in [-0.1, -0.05) is 22.9 Å². The van der Waals surface area contributed by atoms with E-state index in [0.29, 0.717) is 0 Å². The molecule has 1 aliphatic heterocycles. The van der Waals surface area contributed by atoms with Crippen molar-refractivity contribution in [1.82, 2.24) is 4.90 Å². The third kappa shape index (κ3) is 2.25. The van der Waals surface area contributed by atoms with Crippen molar-refractivity contribution in [1.29, 1.82) is 0 Å². The van der Waals surface area contributed by atoms with Crippen LogP contribution in [0.2, 0.25) is 0 Å². The molecule has 0 spiro atoms. The lowest BCUT2D eigenvalue weighted by Gasteiger charge is -2.42. The number of carbonyl (C=O) groups excluding carboxylic acids is 1. The molecule has 13 heavy (non-hydrogen) atoms. The number of hydrogen-bond acceptors (Lipinski definition) is 1. The summed E-state index contributed by atoms with van der Waals surface area (Å²) >= 11 is 3.42. The van der Waals surface area contributed by atoms with Crippen LogP contribution in [0, 0.1) is 0 Å². The van der Waals surface area contributed by atoms with Crippen molar-refractivity contribution in [3.05, 3.63) is 0 Å². The van der Waals surface area contributed by atoms with Crippen LogP contribution in [0.1, 0.15) is 40.0 Å². The highest BCUT2D eigenvalue weighted by molar-refractivity contribution is 9.10. The molecule has 0 aromatic carbocycles. The fraction of sp³-hybridized carbons (Fsp3) is 0.900. The zero-order valence-electron chi connectivity index (χ0n) is 8.64. The van der Waals surface area contributed by atoms with E-state index in [4.69, 9.17) is 0 Å². The Morgan fingerprint density at radius 3 is 2.77 bits per heavy atom. The zero-order valence-corrected chi connectivity index (χ0v) is 10.2. The molecule has 0 saturated carbocycles. The summed E-state index contributed by atoms with van der Waals surface area (Å²) in [4.78, 5) is 13.9. The third-order valence-corrected chi connectivity index (χ3v) is 3.82. The highest BCUT2D eigenvalue weighted by atomic mass is 79.9. The second kappa shape index (κ2) is 3.99. The summed E-state index contributed by atoms with van der Waals surface area (Å²) in [5, 5.41) is 0. The second-order valence-corrected chi connectivity index (χ2v) is 5.37. The molecule has 1 heterocycles. The van der Waals surface area contributed by atoms with Gasteiger partial charge in [0.05, 0.1) is 4.83 Å². The molecule has 1 saturated heterocycles. The molecule has 2 nitrogen and oxygen atoms in total. The Labute approximate surface area is 88.8 Å². The number of hydrogen-bond donors (Lipinski definition) is 0. The van der Waals surface area contributed by atoms with Crippen molar-refractivity contribution in [2.45, 2.75) is 50.4 Å². The van der Waals surface area contributed by atoms with Crippen LogP contribution in [0.4, 0.5) is 0 Å². The maximum absolute atomic E-state index is 11.8. The number of nitrogens with zero attached hydrogens (tertiary/aromatic N) is 1. The van der Waals surface area contributed by atoms with Gasteiger partial charge in [-0.3, -0.25) is 4.79 Å². The Bertz CT molecular complexity index is 203. The van der Waals surface area contributed by atoms with Gasteiger partial charge in [0.25, 0.3) is 0 Å². The molecule has 0 radical (unpaired) electrons. The van der Waals surface area contributed by atoms with E-state index in [1.807, 2.05) is 4.90 Å². The molecule has 1 fully saturated rings. The summed E-state index contributed by atoms with van der Waals surface area (Å²) in [7, 11) is 0. The van der Waals surface area contributed by atoms with Crippen LogP contribution in [0.5, 0.6) is 0 Å². The van der Waals surface area contributed by atoms with Crippen molar-refractivity contribution in [3.8, 4) is 0 Å². The summed E-state index contributed by atoms with van der Waals surface area (Å²) in [6.45, 7) is 7.32. The minimum absolute atomic E-state index is 0.0174. The molecule has 0 aliphatic carbocycles. The fourth-order valence-corrected chi connectivity index (χ4v) is 2.19. The molecule has 0 N–H and O–H groups in total. The average molecular weight is 248 g/mol. The first kappa shape index (κ1) is 11.0. The van der Waals surface area contributed by atoms with E-state index in [1.165, 1.54) is 0 Å². The molecule has 1 atom stereocenters. The predicted molar refractivity (Wildman–Crippen MR) is 58.0 cm³/mol. The normalized spacial score (nSPS) is 25.1. The summed E-state index contributed by atoms with van der Waals surface area (Å²) in [6, 6.07) is 0. The van der Waals surface area contributed by atoms with Crippen molar-refractivity contribution in [2.24, 2.45) is 0 Å². The lowest BCUT2D eigenvalue weighted by molar-refractivity contribution is -0.138. The van der Waals surface area contributed by atoms with E-state index in [1.54, 1.807) is 0 Å². The highest BCUT2D eigenvalue weighted by Crippen LogP contribution is 2.27. The Balaban J connectivity index is 2.73. The first-order valence-electron chi connectivity index (χ1n) is 4.94. The van der Waals surface area contributed by atoms with Crippen LogP contribution in [-0.2, 0) is 4.79 Å². The second-order valence-electron chi connectivity index (χ2n) is 4.27. The molecular weight excluding hydrogens is 230 g/mol. The molecule has 0 bridgehead atoms. The first-order chi connectivity index (χ1) is 5.99. The van der Waals surface area contributed by atoms with Crippen molar-refractivity contribution < 1.29 is 4.79 Å². The lowest BCUT2D eigenvalue weighted by atomic mass is 9.95. The van der Waals surface area contributed by atoms with Crippen LogP contribution < -0.4 is 0 Å². The smallest absolute Gasteiger partial charge is 0.236 e. The molecule has 76 valence electrons. The molecule has 1 aliphatic rings. The van der Waals surface area contributed by atoms with Gasteiger partial charge in [0.2, 0.25) is 5.91 Å². The first-order valence-corrected chi connectivity index (χ1v) is 5.86. The monoisotopic (exact) mass is 247 g/mol. The van der Waals surface area contributed by atoms with E-state index in [2.05, 4.69) is 36.7 Å². The summed E-state index contributed by atoms with van der Waals surface area (Å²) < 4.78 is 0. The van der Waals surface area contributed by atoms with Gasteiger partial charge in [-0.05, 0) is 33.1 Å². The average Bonchev–Trinajstić information content (AvgIpc) is 2.09. The Morgan fingerprint density at radius 2 is 2.23 bits per heavy atom. The van der Waals surface area contributed by atoms with Crippen molar-refractivity contribution in [2.75, 3.05) is 6.54 Å². The van der Waals surface area contributed by atoms with Gasteiger partial charge in [0.1, 0.15) is 0 Å². The molecular formula is C10H18BrNO. The summed E-state index contributed by atoms with van der Waals surface area (Å²) in [5.74, 6) is 0.262. The number of rotatable bonds is 2. The SMILES string of the molecule is CCC(C)(C)N1CCCC(Br)C1=O. The van der Waals surface area contributed by atoms with E-state index < -0.39 is 0 Å². The molecule has 1 amide bonds. The minimum Gasteiger partial charge on any atom is -0.337 e. The fourth-order valence-electron chi connectivity index (χ4n) is 1.62. The summed E-state index contributed by atoms with van der Waals surface area (Å²) in [6.07, 6.45) is 3.11. The number of likely N-dealkylation sites (tertiary alicyclic amines) is 1. The van der Waals surface area contributed by atoms with Gasteiger partial charge in [0.15, 0.2) is 0 Å². The number of piperidine rings is 1. The number of alkyl halides is 1. The van der Waals surface area contributed by atoms with Gasteiger partial charge in [-0.2, -0.15) is 0 Å². The van der Waals surface area contributed by atoms with Crippen LogP contribution in [0.3, 0.4) is 0 Å². The third-order valence-electron chi connectivity index (χ3n) is 2.97. The largest absolute Gasteiger partial charge is 0.337 e. The summed E-state index contributed by atoms with van der Waals surface area (Å²) in [5.41, 5.74) is 0.0174. The van der Waals surface area contributed by atoms with Gasteiger partial charge in [-0.15, -0.1) is 0 Å². The Hall–Kier alpha value is -0.0500. The topological polar surface area (TPSA) is 20.3 Å². The molecule has 1 rings (SSSR count). The van der Waals surface area contributed by atoms with Crippen LogP contribution in [-0.4, -0.2) is 27.7 Å². The molecule has 0 aromatic heterocycles. The Kier molecular flexibility index (Phi) is 3.38. The van der Waals surface area contributed by atoms with Crippen LogP contribution in [0.25, 0.3) is 0 Å². The highest BCUT2D eigenvalue weighted by Gasteiger charge is 2.34. The molecule has 3 heteroatoms. The van der Waals surface area contributed by atoms with E-state index in [0.717, 1.165) is 25.8 Å². The predicted octanol–water partition coefficient (Wildman–Crippen LogP) is 2.56. The molecule has 1 unspecified atom stereocenters. The van der Waals surface area contributed by atoms with Crippen LogP contribution in [0.15, 0.2) is 0 Å². The zero-order chi connectivity index (χ0) is 10.1. The van der Waals surface area contributed by atoms with Crippen molar-refractivity contribution >= 4 is 21.8 Å².